The maximum absolute atomic E-state index is 10.7. The van der Waals surface area contributed by atoms with Crippen LogP contribution in [0.3, 0.4) is 0 Å². The van der Waals surface area contributed by atoms with E-state index in [0.29, 0.717) is 5.56 Å². The molecule has 0 radical (unpaired) electrons. The highest BCUT2D eigenvalue weighted by atomic mass is 16.7. The molecule has 0 saturated carbocycles. The van der Waals surface area contributed by atoms with Crippen LogP contribution in [0.15, 0.2) is 36.4 Å². The Balaban J connectivity index is 2.68. The molecular weight excluding hydrogens is 256 g/mol. The molecule has 0 fully saturated rings. The van der Waals surface area contributed by atoms with Crippen LogP contribution in [0.2, 0.25) is 0 Å². The van der Waals surface area contributed by atoms with Crippen molar-refractivity contribution in [2.24, 2.45) is 0 Å². The molecular formula is C16H16O4. The second-order valence-corrected chi connectivity index (χ2v) is 4.47. The lowest BCUT2D eigenvalue weighted by atomic mass is 9.94. The van der Waals surface area contributed by atoms with Gasteiger partial charge in [-0.3, -0.25) is 0 Å². The van der Waals surface area contributed by atoms with Gasteiger partial charge in [0.2, 0.25) is 0 Å². The lowest BCUT2D eigenvalue weighted by Gasteiger charge is -2.15. The highest BCUT2D eigenvalue weighted by molar-refractivity contribution is 5.79. The second-order valence-electron chi connectivity index (χ2n) is 4.47. The normalized spacial score (nSPS) is 10.3. The number of benzene rings is 2. The van der Waals surface area contributed by atoms with Gasteiger partial charge < -0.3 is 14.9 Å². The van der Waals surface area contributed by atoms with Crippen molar-refractivity contribution in [2.45, 2.75) is 20.3 Å². The van der Waals surface area contributed by atoms with E-state index in [1.165, 1.54) is 0 Å². The molecule has 0 atom stereocenters. The molecule has 0 aliphatic heterocycles. The Morgan fingerprint density at radius 1 is 1.25 bits per heavy atom. The molecule has 0 aliphatic carbocycles. The molecule has 2 N–H and O–H groups in total. The van der Waals surface area contributed by atoms with Crippen LogP contribution >= 0.6 is 0 Å². The summed E-state index contributed by atoms with van der Waals surface area (Å²) in [5.41, 5.74) is 3.31. The summed E-state index contributed by atoms with van der Waals surface area (Å²) in [6.45, 7) is 3.88. The van der Waals surface area contributed by atoms with Crippen molar-refractivity contribution < 1.29 is 19.7 Å². The first kappa shape index (κ1) is 13.9. The zero-order valence-corrected chi connectivity index (χ0v) is 11.4. The largest absolute Gasteiger partial charge is 0.511 e. The number of carboxylic acid groups (broad SMARTS) is 1. The van der Waals surface area contributed by atoms with Crippen molar-refractivity contribution in [3.8, 4) is 22.6 Å². The van der Waals surface area contributed by atoms with E-state index in [-0.39, 0.29) is 11.5 Å². The van der Waals surface area contributed by atoms with Crippen LogP contribution in [0.1, 0.15) is 18.1 Å². The second kappa shape index (κ2) is 5.65. The lowest BCUT2D eigenvalue weighted by molar-refractivity contribution is 0.143. The number of aryl methyl sites for hydroxylation is 1. The molecule has 0 bridgehead atoms. The van der Waals surface area contributed by atoms with Crippen molar-refractivity contribution in [1.82, 2.24) is 0 Å². The van der Waals surface area contributed by atoms with Crippen molar-refractivity contribution in [1.29, 1.82) is 0 Å². The van der Waals surface area contributed by atoms with Gasteiger partial charge in [-0.1, -0.05) is 37.3 Å². The number of phenols is 1. The summed E-state index contributed by atoms with van der Waals surface area (Å²) < 4.78 is 4.67. The van der Waals surface area contributed by atoms with E-state index in [1.54, 1.807) is 6.07 Å². The predicted molar refractivity (Wildman–Crippen MR) is 76.3 cm³/mol. The molecule has 4 nitrogen and oxygen atoms in total. The van der Waals surface area contributed by atoms with Crippen LogP contribution in [0.25, 0.3) is 11.1 Å². The molecule has 0 spiro atoms. The smallest absolute Gasteiger partial charge is 0.504 e. The van der Waals surface area contributed by atoms with Gasteiger partial charge in [0.05, 0.1) is 0 Å². The van der Waals surface area contributed by atoms with E-state index in [1.807, 2.05) is 44.2 Å². The maximum atomic E-state index is 10.7. The molecule has 2 aromatic rings. The van der Waals surface area contributed by atoms with Crippen molar-refractivity contribution in [3.05, 3.63) is 47.5 Å². The van der Waals surface area contributed by atoms with Gasteiger partial charge in [-0.15, -0.1) is 0 Å². The summed E-state index contributed by atoms with van der Waals surface area (Å²) in [4.78, 5) is 10.7. The number of rotatable bonds is 3. The zero-order chi connectivity index (χ0) is 14.7. The van der Waals surface area contributed by atoms with Crippen LogP contribution in [0, 0.1) is 6.92 Å². The highest BCUT2D eigenvalue weighted by Crippen LogP contribution is 2.41. The van der Waals surface area contributed by atoms with E-state index < -0.39 is 6.16 Å². The van der Waals surface area contributed by atoms with Gasteiger partial charge >= 0.3 is 6.16 Å². The van der Waals surface area contributed by atoms with Crippen LogP contribution in [0.4, 0.5) is 4.79 Å². The van der Waals surface area contributed by atoms with Gasteiger partial charge in [0.1, 0.15) is 0 Å². The summed E-state index contributed by atoms with van der Waals surface area (Å²) in [5.74, 6) is -0.174. The van der Waals surface area contributed by atoms with E-state index in [4.69, 9.17) is 5.11 Å². The minimum Gasteiger partial charge on any atom is -0.504 e. The third-order valence-electron chi connectivity index (χ3n) is 3.27. The molecule has 2 rings (SSSR count). The Morgan fingerprint density at radius 2 is 1.90 bits per heavy atom. The van der Waals surface area contributed by atoms with E-state index in [9.17, 15) is 9.90 Å². The number of hydrogen-bond acceptors (Lipinski definition) is 3. The third kappa shape index (κ3) is 2.59. The lowest BCUT2D eigenvalue weighted by Crippen LogP contribution is -2.05. The number of aromatic hydroxyl groups is 1. The Hall–Kier alpha value is -2.49. The average Bonchev–Trinajstić information content (AvgIpc) is 2.43. The fourth-order valence-electron chi connectivity index (χ4n) is 2.29. The molecule has 0 aliphatic rings. The molecule has 0 aromatic heterocycles. The topological polar surface area (TPSA) is 66.8 Å². The fourth-order valence-corrected chi connectivity index (χ4v) is 2.29. The number of ether oxygens (including phenoxy) is 1. The maximum Gasteiger partial charge on any atom is 0.511 e. The van der Waals surface area contributed by atoms with Crippen molar-refractivity contribution in [2.75, 3.05) is 0 Å². The average molecular weight is 272 g/mol. The third-order valence-corrected chi connectivity index (χ3v) is 3.27. The monoisotopic (exact) mass is 272 g/mol. The molecule has 20 heavy (non-hydrogen) atoms. The standard InChI is InChI=1S/C16H16O4/c1-3-11-9-13(20-16(18)19)15(17)14(10(11)2)12-7-5-4-6-8-12/h4-9,17H,3H2,1-2H3,(H,18,19). The van der Waals surface area contributed by atoms with Gasteiger partial charge in [-0.05, 0) is 36.1 Å². The van der Waals surface area contributed by atoms with Crippen molar-refractivity contribution in [3.63, 3.8) is 0 Å². The van der Waals surface area contributed by atoms with E-state index >= 15 is 0 Å². The van der Waals surface area contributed by atoms with Crippen LogP contribution < -0.4 is 4.74 Å². The van der Waals surface area contributed by atoms with Crippen LogP contribution in [-0.2, 0) is 6.42 Å². The Kier molecular flexibility index (Phi) is 3.94. The van der Waals surface area contributed by atoms with Gasteiger partial charge in [0.15, 0.2) is 11.5 Å². The van der Waals surface area contributed by atoms with Crippen LogP contribution in [0.5, 0.6) is 11.5 Å². The molecule has 0 heterocycles. The summed E-state index contributed by atoms with van der Waals surface area (Å²) >= 11 is 0. The molecule has 0 saturated heterocycles. The Morgan fingerprint density at radius 3 is 2.45 bits per heavy atom. The van der Waals surface area contributed by atoms with Gasteiger partial charge in [0.25, 0.3) is 0 Å². The summed E-state index contributed by atoms with van der Waals surface area (Å²) in [5, 5.41) is 19.1. The van der Waals surface area contributed by atoms with Crippen molar-refractivity contribution >= 4 is 6.16 Å². The Bertz CT molecular complexity index is 633. The van der Waals surface area contributed by atoms with Gasteiger partial charge in [-0.25, -0.2) is 4.79 Å². The first-order valence-electron chi connectivity index (χ1n) is 6.36. The van der Waals surface area contributed by atoms with Gasteiger partial charge in [0, 0.05) is 5.56 Å². The first-order chi connectivity index (χ1) is 9.54. The first-order valence-corrected chi connectivity index (χ1v) is 6.36. The molecule has 0 amide bonds. The fraction of sp³-hybridized carbons (Fsp3) is 0.188. The quantitative estimate of drug-likeness (QED) is 0.655. The number of phenolic OH excluding ortho intramolecular Hbond substituents is 1. The van der Waals surface area contributed by atoms with E-state index in [0.717, 1.165) is 23.1 Å². The molecule has 0 unspecified atom stereocenters. The summed E-state index contributed by atoms with van der Waals surface area (Å²) in [6.07, 6.45) is -0.715. The van der Waals surface area contributed by atoms with Crippen LogP contribution in [-0.4, -0.2) is 16.4 Å². The summed E-state index contributed by atoms with van der Waals surface area (Å²) in [7, 11) is 0. The molecule has 4 heteroatoms. The minimum absolute atomic E-state index is 0.0289. The Labute approximate surface area is 117 Å². The predicted octanol–water partition coefficient (Wildman–Crippen LogP) is 3.99. The molecule has 2 aromatic carbocycles. The number of hydrogen-bond donors (Lipinski definition) is 2. The summed E-state index contributed by atoms with van der Waals surface area (Å²) in [6, 6.07) is 10.9. The SMILES string of the molecule is CCc1cc(OC(=O)O)c(O)c(-c2ccccc2)c1C. The minimum atomic E-state index is -1.44. The highest BCUT2D eigenvalue weighted by Gasteiger charge is 2.18. The van der Waals surface area contributed by atoms with E-state index in [2.05, 4.69) is 4.74 Å². The molecule has 104 valence electrons. The zero-order valence-electron chi connectivity index (χ0n) is 11.4. The number of carbonyl (C=O) groups is 1. The van der Waals surface area contributed by atoms with Gasteiger partial charge in [-0.2, -0.15) is 0 Å².